The smallest absolute Gasteiger partial charge is 0.305 e. The van der Waals surface area contributed by atoms with Crippen LogP contribution in [0.1, 0.15) is 30.1 Å². The summed E-state index contributed by atoms with van der Waals surface area (Å²) in [5, 5.41) is 17.5. The second-order valence-corrected chi connectivity index (χ2v) is 4.38. The van der Waals surface area contributed by atoms with E-state index in [1.807, 2.05) is 0 Å². The molecule has 108 valence electrons. The first-order valence-electron chi connectivity index (χ1n) is 6.19. The van der Waals surface area contributed by atoms with Crippen LogP contribution < -0.4 is 4.90 Å². The first-order chi connectivity index (χ1) is 9.40. The Bertz CT molecular complexity index is 494. The molecule has 20 heavy (non-hydrogen) atoms. The van der Waals surface area contributed by atoms with E-state index in [1.165, 1.54) is 6.92 Å². The predicted octanol–water partition coefficient (Wildman–Crippen LogP) is 1.65. The van der Waals surface area contributed by atoms with Crippen molar-refractivity contribution in [1.29, 1.82) is 0 Å². The largest absolute Gasteiger partial charge is 0.481 e. The maximum Gasteiger partial charge on any atom is 0.305 e. The van der Waals surface area contributed by atoms with E-state index in [0.717, 1.165) is 0 Å². The highest BCUT2D eigenvalue weighted by molar-refractivity contribution is 5.95. The quantitative estimate of drug-likeness (QED) is 0.702. The van der Waals surface area contributed by atoms with Crippen LogP contribution in [0.4, 0.5) is 5.69 Å². The van der Waals surface area contributed by atoms with Crippen LogP contribution in [0.15, 0.2) is 24.3 Å². The van der Waals surface area contributed by atoms with E-state index in [9.17, 15) is 14.4 Å². The molecule has 0 spiro atoms. The Hall–Kier alpha value is -2.37. The molecule has 0 aliphatic carbocycles. The number of nitrogens with zero attached hydrogens (tertiary/aromatic N) is 1. The van der Waals surface area contributed by atoms with Gasteiger partial charge in [-0.3, -0.25) is 14.4 Å². The molecule has 2 N–H and O–H groups in total. The highest BCUT2D eigenvalue weighted by Crippen LogP contribution is 2.17. The van der Waals surface area contributed by atoms with Crippen molar-refractivity contribution in [3.63, 3.8) is 0 Å². The van der Waals surface area contributed by atoms with Gasteiger partial charge in [0.05, 0.1) is 12.8 Å². The molecule has 1 aromatic rings. The summed E-state index contributed by atoms with van der Waals surface area (Å²) in [7, 11) is 0. The van der Waals surface area contributed by atoms with Gasteiger partial charge in [0.2, 0.25) is 0 Å². The van der Waals surface area contributed by atoms with Crippen molar-refractivity contribution in [1.82, 2.24) is 0 Å². The summed E-state index contributed by atoms with van der Waals surface area (Å²) in [6.07, 6.45) is -0.187. The molecule has 6 heteroatoms. The number of hydrogen-bond donors (Lipinski definition) is 2. The highest BCUT2D eigenvalue weighted by atomic mass is 16.4. The number of anilines is 1. The van der Waals surface area contributed by atoms with Crippen molar-refractivity contribution in [2.45, 2.75) is 19.8 Å². The van der Waals surface area contributed by atoms with Crippen molar-refractivity contribution in [2.24, 2.45) is 0 Å². The maximum absolute atomic E-state index is 11.3. The third kappa shape index (κ3) is 5.09. The lowest BCUT2D eigenvalue weighted by atomic mass is 10.1. The van der Waals surface area contributed by atoms with Gasteiger partial charge in [-0.1, -0.05) is 12.1 Å². The molecule has 6 nitrogen and oxygen atoms in total. The first kappa shape index (κ1) is 15.7. The van der Waals surface area contributed by atoms with Gasteiger partial charge in [-0.15, -0.1) is 0 Å². The summed E-state index contributed by atoms with van der Waals surface area (Å²) in [4.78, 5) is 34.3. The minimum Gasteiger partial charge on any atom is -0.481 e. The molecule has 0 heterocycles. The van der Waals surface area contributed by atoms with Crippen molar-refractivity contribution in [3.8, 4) is 0 Å². The van der Waals surface area contributed by atoms with E-state index in [1.54, 1.807) is 29.2 Å². The molecular weight excluding hydrogens is 262 g/mol. The normalized spacial score (nSPS) is 10.1. The predicted molar refractivity (Wildman–Crippen MR) is 73.2 cm³/mol. The van der Waals surface area contributed by atoms with Crippen molar-refractivity contribution < 1.29 is 24.6 Å². The second kappa shape index (κ2) is 7.28. The van der Waals surface area contributed by atoms with Crippen LogP contribution in [-0.4, -0.2) is 41.0 Å². The van der Waals surface area contributed by atoms with Crippen molar-refractivity contribution >= 4 is 23.4 Å². The molecule has 1 aromatic carbocycles. The lowest BCUT2D eigenvalue weighted by Gasteiger charge is -2.23. The van der Waals surface area contributed by atoms with Gasteiger partial charge in [-0.2, -0.15) is 0 Å². The molecule has 0 aliphatic rings. The Morgan fingerprint density at radius 3 is 2.05 bits per heavy atom. The molecule has 0 bridgehead atoms. The Morgan fingerprint density at radius 1 is 1.05 bits per heavy atom. The standard InChI is InChI=1S/C14H17NO5/c1-10(16)11-3-2-4-12(9-11)15(7-5-13(17)18)8-6-14(19)20/h2-4,9H,5-8H2,1H3,(H,17,18)(H,19,20). The summed E-state index contributed by atoms with van der Waals surface area (Å²) in [5.74, 6) is -2.00. The molecule has 0 aromatic heterocycles. The van der Waals surface area contributed by atoms with Crippen LogP contribution in [0, 0.1) is 0 Å². The lowest BCUT2D eigenvalue weighted by Crippen LogP contribution is -2.28. The van der Waals surface area contributed by atoms with Gasteiger partial charge in [0.15, 0.2) is 5.78 Å². The molecule has 0 atom stereocenters. The van der Waals surface area contributed by atoms with Gasteiger partial charge >= 0.3 is 11.9 Å². The van der Waals surface area contributed by atoms with Crippen LogP contribution in [0.25, 0.3) is 0 Å². The fourth-order valence-corrected chi connectivity index (χ4v) is 1.75. The van der Waals surface area contributed by atoms with Crippen molar-refractivity contribution in [2.75, 3.05) is 18.0 Å². The second-order valence-electron chi connectivity index (χ2n) is 4.38. The fraction of sp³-hybridized carbons (Fsp3) is 0.357. The third-order valence-electron chi connectivity index (χ3n) is 2.81. The Kier molecular flexibility index (Phi) is 5.71. The maximum atomic E-state index is 11.3. The topological polar surface area (TPSA) is 94.9 Å². The number of rotatable bonds is 8. The number of Topliss-reactive ketones (excluding diaryl/α,β-unsaturated/α-hetero) is 1. The highest BCUT2D eigenvalue weighted by Gasteiger charge is 2.12. The summed E-state index contributed by atoms with van der Waals surface area (Å²) in [5.41, 5.74) is 1.17. The van der Waals surface area contributed by atoms with Crippen LogP contribution in [0.2, 0.25) is 0 Å². The minimum atomic E-state index is -0.951. The Morgan fingerprint density at radius 2 is 1.60 bits per heavy atom. The van der Waals surface area contributed by atoms with Gasteiger partial charge in [-0.05, 0) is 19.1 Å². The number of benzene rings is 1. The molecule has 0 unspecified atom stereocenters. The molecule has 0 saturated heterocycles. The molecule has 0 radical (unpaired) electrons. The number of carboxylic acid groups (broad SMARTS) is 2. The number of carbonyl (C=O) groups excluding carboxylic acids is 1. The van der Waals surface area contributed by atoms with Crippen LogP contribution >= 0.6 is 0 Å². The van der Waals surface area contributed by atoms with Gasteiger partial charge in [0.1, 0.15) is 0 Å². The zero-order valence-corrected chi connectivity index (χ0v) is 11.2. The zero-order chi connectivity index (χ0) is 15.1. The number of hydrogen-bond acceptors (Lipinski definition) is 4. The lowest BCUT2D eigenvalue weighted by molar-refractivity contribution is -0.137. The van der Waals surface area contributed by atoms with Crippen LogP contribution in [0.3, 0.4) is 0 Å². The average molecular weight is 279 g/mol. The summed E-state index contributed by atoms with van der Waals surface area (Å²) < 4.78 is 0. The van der Waals surface area contributed by atoms with E-state index in [-0.39, 0.29) is 31.7 Å². The van der Waals surface area contributed by atoms with E-state index in [4.69, 9.17) is 10.2 Å². The molecule has 0 aliphatic heterocycles. The van der Waals surface area contributed by atoms with Gasteiger partial charge < -0.3 is 15.1 Å². The van der Waals surface area contributed by atoms with E-state index < -0.39 is 11.9 Å². The first-order valence-corrected chi connectivity index (χ1v) is 6.19. The Labute approximate surface area is 116 Å². The SMILES string of the molecule is CC(=O)c1cccc(N(CCC(=O)O)CCC(=O)O)c1. The summed E-state index contributed by atoms with van der Waals surface area (Å²) >= 11 is 0. The monoisotopic (exact) mass is 279 g/mol. The number of aliphatic carboxylic acids is 2. The van der Waals surface area contributed by atoms with Gasteiger partial charge in [0, 0.05) is 24.3 Å². The molecule has 0 fully saturated rings. The fourth-order valence-electron chi connectivity index (χ4n) is 1.75. The molecule has 1 rings (SSSR count). The van der Waals surface area contributed by atoms with Gasteiger partial charge in [-0.25, -0.2) is 0 Å². The minimum absolute atomic E-state index is 0.0933. The molecule has 0 amide bonds. The number of ketones is 1. The summed E-state index contributed by atoms with van der Waals surface area (Å²) in [6, 6.07) is 6.74. The zero-order valence-electron chi connectivity index (χ0n) is 11.2. The van der Waals surface area contributed by atoms with E-state index in [0.29, 0.717) is 11.3 Å². The van der Waals surface area contributed by atoms with Gasteiger partial charge in [0.25, 0.3) is 0 Å². The Balaban J connectivity index is 2.89. The molecular formula is C14H17NO5. The third-order valence-corrected chi connectivity index (χ3v) is 2.81. The van der Waals surface area contributed by atoms with E-state index >= 15 is 0 Å². The number of carboxylic acids is 2. The van der Waals surface area contributed by atoms with Crippen molar-refractivity contribution in [3.05, 3.63) is 29.8 Å². The molecule has 0 saturated carbocycles. The average Bonchev–Trinajstić information content (AvgIpc) is 2.38. The van der Waals surface area contributed by atoms with E-state index in [2.05, 4.69) is 0 Å². The summed E-state index contributed by atoms with van der Waals surface area (Å²) in [6.45, 7) is 1.84. The van der Waals surface area contributed by atoms with Crippen LogP contribution in [-0.2, 0) is 9.59 Å². The van der Waals surface area contributed by atoms with Crippen LogP contribution in [0.5, 0.6) is 0 Å². The number of carbonyl (C=O) groups is 3.